The van der Waals surface area contributed by atoms with E-state index in [0.29, 0.717) is 6.42 Å². The van der Waals surface area contributed by atoms with Crippen LogP contribution in [-0.4, -0.2) is 39.6 Å². The van der Waals surface area contributed by atoms with Gasteiger partial charge in [0.25, 0.3) is 0 Å². The van der Waals surface area contributed by atoms with Crippen LogP contribution in [0, 0.1) is 0 Å². The molecule has 0 aliphatic heterocycles. The average molecular weight is 299 g/mol. The van der Waals surface area contributed by atoms with Crippen molar-refractivity contribution in [1.82, 2.24) is 5.32 Å². The summed E-state index contributed by atoms with van der Waals surface area (Å²) in [5, 5.41) is 2.91. The van der Waals surface area contributed by atoms with Crippen molar-refractivity contribution < 1.29 is 13.2 Å². The molecule has 0 heterocycles. The zero-order chi connectivity index (χ0) is 15.2. The fraction of sp³-hybridized carbons (Fsp3) is 0.600. The number of rotatable bonds is 8. The molecule has 1 aromatic carbocycles. The van der Waals surface area contributed by atoms with Crippen molar-refractivity contribution in [2.45, 2.75) is 38.0 Å². The second kappa shape index (κ2) is 7.64. The molecule has 2 unspecified atom stereocenters. The standard InChI is InChI=1S/C15H25NO3S/c1-5-10-16-14(12(2)20(4,17)18)11-13-8-6-7-9-15(13)19-3/h6-9,12,14,16H,5,10-11H2,1-4H3. The van der Waals surface area contributed by atoms with Crippen LogP contribution >= 0.6 is 0 Å². The fourth-order valence-electron chi connectivity index (χ4n) is 2.14. The van der Waals surface area contributed by atoms with E-state index in [2.05, 4.69) is 12.2 Å². The minimum atomic E-state index is -3.08. The summed E-state index contributed by atoms with van der Waals surface area (Å²) in [7, 11) is -1.44. The maximum Gasteiger partial charge on any atom is 0.151 e. The third kappa shape index (κ3) is 4.80. The van der Waals surface area contributed by atoms with Crippen LogP contribution in [0.2, 0.25) is 0 Å². The van der Waals surface area contributed by atoms with Gasteiger partial charge in [-0.3, -0.25) is 0 Å². The van der Waals surface area contributed by atoms with Gasteiger partial charge in [0.1, 0.15) is 5.75 Å². The molecule has 2 atom stereocenters. The molecule has 0 radical (unpaired) electrons. The maximum absolute atomic E-state index is 11.8. The summed E-state index contributed by atoms with van der Waals surface area (Å²) in [5.41, 5.74) is 1.03. The highest BCUT2D eigenvalue weighted by atomic mass is 32.2. The topological polar surface area (TPSA) is 55.4 Å². The first-order valence-electron chi connectivity index (χ1n) is 6.94. The van der Waals surface area contributed by atoms with Gasteiger partial charge in [-0.15, -0.1) is 0 Å². The van der Waals surface area contributed by atoms with Crippen molar-refractivity contribution in [2.24, 2.45) is 0 Å². The molecule has 1 rings (SSSR count). The van der Waals surface area contributed by atoms with Crippen LogP contribution in [0.25, 0.3) is 0 Å². The van der Waals surface area contributed by atoms with E-state index in [1.165, 1.54) is 6.26 Å². The molecule has 0 saturated heterocycles. The Morgan fingerprint density at radius 1 is 1.30 bits per heavy atom. The van der Waals surface area contributed by atoms with Gasteiger partial charge in [-0.1, -0.05) is 25.1 Å². The quantitative estimate of drug-likeness (QED) is 0.798. The Hall–Kier alpha value is -1.07. The molecule has 1 aromatic rings. The van der Waals surface area contributed by atoms with Crippen LogP contribution in [0.15, 0.2) is 24.3 Å². The van der Waals surface area contributed by atoms with Crippen molar-refractivity contribution in [3.8, 4) is 5.75 Å². The lowest BCUT2D eigenvalue weighted by atomic mass is 10.0. The molecule has 4 nitrogen and oxygen atoms in total. The van der Waals surface area contributed by atoms with Crippen molar-refractivity contribution in [1.29, 1.82) is 0 Å². The van der Waals surface area contributed by atoms with Crippen molar-refractivity contribution in [3.63, 3.8) is 0 Å². The fourth-order valence-corrected chi connectivity index (χ4v) is 2.93. The van der Waals surface area contributed by atoms with Crippen LogP contribution in [-0.2, 0) is 16.3 Å². The Kier molecular flexibility index (Phi) is 6.49. The first-order chi connectivity index (χ1) is 9.40. The minimum Gasteiger partial charge on any atom is -0.496 e. The monoisotopic (exact) mass is 299 g/mol. The smallest absolute Gasteiger partial charge is 0.151 e. The van der Waals surface area contributed by atoms with E-state index in [-0.39, 0.29) is 6.04 Å². The Morgan fingerprint density at radius 2 is 1.95 bits per heavy atom. The number of benzene rings is 1. The molecule has 114 valence electrons. The maximum atomic E-state index is 11.8. The molecule has 0 spiro atoms. The second-order valence-corrected chi connectivity index (χ2v) is 7.51. The van der Waals surface area contributed by atoms with Crippen molar-refractivity contribution in [3.05, 3.63) is 29.8 Å². The van der Waals surface area contributed by atoms with E-state index in [0.717, 1.165) is 24.3 Å². The molecule has 5 heteroatoms. The summed E-state index contributed by atoms with van der Waals surface area (Å²) in [6.45, 7) is 4.63. The Labute approximate surface area is 122 Å². The molecule has 0 fully saturated rings. The Bertz CT molecular complexity index is 514. The van der Waals surface area contributed by atoms with Crippen LogP contribution in [0.4, 0.5) is 0 Å². The lowest BCUT2D eigenvalue weighted by Crippen LogP contribution is -2.44. The molecule has 0 aliphatic carbocycles. The second-order valence-electron chi connectivity index (χ2n) is 5.11. The number of nitrogens with one attached hydrogen (secondary N) is 1. The summed E-state index contributed by atoms with van der Waals surface area (Å²) in [6, 6.07) is 7.63. The predicted molar refractivity (Wildman–Crippen MR) is 83.1 cm³/mol. The number of sulfone groups is 1. The number of methoxy groups -OCH3 is 1. The SMILES string of the molecule is CCCNC(Cc1ccccc1OC)C(C)S(C)(=O)=O. The minimum absolute atomic E-state index is 0.110. The third-order valence-corrected chi connectivity index (χ3v) is 5.21. The molecular formula is C15H25NO3S. The van der Waals surface area contributed by atoms with Crippen molar-refractivity contribution >= 4 is 9.84 Å². The zero-order valence-electron chi connectivity index (χ0n) is 12.7. The van der Waals surface area contributed by atoms with E-state index >= 15 is 0 Å². The van der Waals surface area contributed by atoms with Gasteiger partial charge >= 0.3 is 0 Å². The van der Waals surface area contributed by atoms with Gasteiger partial charge < -0.3 is 10.1 Å². The van der Waals surface area contributed by atoms with E-state index in [4.69, 9.17) is 4.74 Å². The van der Waals surface area contributed by atoms with Gasteiger partial charge in [-0.05, 0) is 37.9 Å². The summed E-state index contributed by atoms with van der Waals surface area (Å²) in [4.78, 5) is 0. The molecular weight excluding hydrogens is 274 g/mol. The number of hydrogen-bond donors (Lipinski definition) is 1. The number of hydrogen-bond acceptors (Lipinski definition) is 4. The third-order valence-electron chi connectivity index (χ3n) is 3.53. The Balaban J connectivity index is 2.94. The summed E-state index contributed by atoms with van der Waals surface area (Å²) < 4.78 is 29.0. The van der Waals surface area contributed by atoms with Gasteiger partial charge in [-0.2, -0.15) is 0 Å². The average Bonchev–Trinajstić information content (AvgIpc) is 2.42. The number of para-hydroxylation sites is 1. The molecule has 0 saturated carbocycles. The lowest BCUT2D eigenvalue weighted by molar-refractivity contribution is 0.403. The summed E-state index contributed by atoms with van der Waals surface area (Å²) >= 11 is 0. The summed E-state index contributed by atoms with van der Waals surface area (Å²) in [5.74, 6) is 0.802. The van der Waals surface area contributed by atoms with E-state index < -0.39 is 15.1 Å². The van der Waals surface area contributed by atoms with Crippen LogP contribution in [0.5, 0.6) is 5.75 Å². The van der Waals surface area contributed by atoms with Gasteiger partial charge in [0.2, 0.25) is 0 Å². The number of ether oxygens (including phenoxy) is 1. The van der Waals surface area contributed by atoms with E-state index in [1.807, 2.05) is 24.3 Å². The van der Waals surface area contributed by atoms with E-state index in [9.17, 15) is 8.42 Å². The largest absolute Gasteiger partial charge is 0.496 e. The molecule has 20 heavy (non-hydrogen) atoms. The molecule has 0 aromatic heterocycles. The Morgan fingerprint density at radius 3 is 2.50 bits per heavy atom. The van der Waals surface area contributed by atoms with Gasteiger partial charge in [-0.25, -0.2) is 8.42 Å². The van der Waals surface area contributed by atoms with Crippen LogP contribution in [0.3, 0.4) is 0 Å². The van der Waals surface area contributed by atoms with Crippen LogP contribution in [0.1, 0.15) is 25.8 Å². The predicted octanol–water partition coefficient (Wildman–Crippen LogP) is 2.04. The summed E-state index contributed by atoms with van der Waals surface area (Å²) in [6.07, 6.45) is 2.90. The van der Waals surface area contributed by atoms with Crippen molar-refractivity contribution in [2.75, 3.05) is 19.9 Å². The highest BCUT2D eigenvalue weighted by molar-refractivity contribution is 7.91. The van der Waals surface area contributed by atoms with E-state index in [1.54, 1.807) is 14.0 Å². The first-order valence-corrected chi connectivity index (χ1v) is 8.89. The van der Waals surface area contributed by atoms with Gasteiger partial charge in [0, 0.05) is 12.3 Å². The highest BCUT2D eigenvalue weighted by Crippen LogP contribution is 2.21. The molecule has 0 amide bonds. The molecule has 0 aliphatic rings. The molecule has 1 N–H and O–H groups in total. The first kappa shape index (κ1) is 17.0. The molecule has 0 bridgehead atoms. The zero-order valence-corrected chi connectivity index (χ0v) is 13.5. The van der Waals surface area contributed by atoms with Gasteiger partial charge in [0.15, 0.2) is 9.84 Å². The van der Waals surface area contributed by atoms with Crippen LogP contribution < -0.4 is 10.1 Å². The highest BCUT2D eigenvalue weighted by Gasteiger charge is 2.26. The lowest BCUT2D eigenvalue weighted by Gasteiger charge is -2.24. The normalized spacial score (nSPS) is 14.8. The van der Waals surface area contributed by atoms with Gasteiger partial charge in [0.05, 0.1) is 12.4 Å².